The number of hydrogen-bond donors (Lipinski definition) is 0. The van der Waals surface area contributed by atoms with E-state index in [0.29, 0.717) is 8.95 Å². The van der Waals surface area contributed by atoms with Crippen LogP contribution in [0, 0.1) is 9.81 Å². The van der Waals surface area contributed by atoms with Crippen LogP contribution in [0.1, 0.15) is 0 Å². The number of halogens is 2. The summed E-state index contributed by atoms with van der Waals surface area (Å²) in [5.41, 5.74) is 0.320. The summed E-state index contributed by atoms with van der Waals surface area (Å²) in [5.74, 6) is 0. The SMILES string of the molecule is O=Nc1cc(N=O)c(Br)cc1Br. The molecule has 62 valence electrons. The second kappa shape index (κ2) is 3.86. The Balaban J connectivity index is 3.36. The molecule has 4 nitrogen and oxygen atoms in total. The number of rotatable bonds is 2. The Bertz CT molecular complexity index is 311. The molecule has 0 radical (unpaired) electrons. The Labute approximate surface area is 84.6 Å². The van der Waals surface area contributed by atoms with Crippen LogP contribution in [-0.4, -0.2) is 0 Å². The summed E-state index contributed by atoms with van der Waals surface area (Å²) in [4.78, 5) is 20.3. The van der Waals surface area contributed by atoms with Crippen molar-refractivity contribution in [2.75, 3.05) is 0 Å². The number of hydrogen-bond acceptors (Lipinski definition) is 4. The van der Waals surface area contributed by atoms with Gasteiger partial charge in [-0.2, -0.15) is 0 Å². The van der Waals surface area contributed by atoms with Crippen LogP contribution in [0.25, 0.3) is 0 Å². The summed E-state index contributed by atoms with van der Waals surface area (Å²) in [7, 11) is 0. The van der Waals surface area contributed by atoms with Gasteiger partial charge in [-0.05, 0) is 54.3 Å². The first-order valence-electron chi connectivity index (χ1n) is 2.85. The van der Waals surface area contributed by atoms with E-state index >= 15 is 0 Å². The van der Waals surface area contributed by atoms with Gasteiger partial charge < -0.3 is 0 Å². The predicted octanol–water partition coefficient (Wildman–Crippen LogP) is 4.01. The lowest BCUT2D eigenvalue weighted by atomic mass is 10.3. The Morgan fingerprint density at radius 3 is 1.67 bits per heavy atom. The van der Waals surface area contributed by atoms with Gasteiger partial charge in [0.15, 0.2) is 0 Å². The van der Waals surface area contributed by atoms with Gasteiger partial charge in [-0.25, -0.2) is 0 Å². The van der Waals surface area contributed by atoms with Gasteiger partial charge in [0.1, 0.15) is 11.4 Å². The molecule has 1 aromatic carbocycles. The lowest BCUT2D eigenvalue weighted by Gasteiger charge is -1.97. The van der Waals surface area contributed by atoms with Gasteiger partial charge in [0, 0.05) is 8.95 Å². The molecule has 1 aromatic rings. The van der Waals surface area contributed by atoms with Crippen LogP contribution in [0.4, 0.5) is 11.4 Å². The van der Waals surface area contributed by atoms with Gasteiger partial charge >= 0.3 is 0 Å². The maximum atomic E-state index is 10.2. The third-order valence-electron chi connectivity index (χ3n) is 1.21. The second-order valence-electron chi connectivity index (χ2n) is 1.94. The van der Waals surface area contributed by atoms with Crippen LogP contribution in [0.2, 0.25) is 0 Å². The summed E-state index contributed by atoms with van der Waals surface area (Å²) >= 11 is 6.21. The van der Waals surface area contributed by atoms with E-state index in [1.165, 1.54) is 6.07 Å². The molecule has 0 N–H and O–H groups in total. The first kappa shape index (κ1) is 9.47. The second-order valence-corrected chi connectivity index (χ2v) is 3.65. The molecule has 0 spiro atoms. The Hall–Kier alpha value is -0.620. The molecule has 0 bridgehead atoms. The lowest BCUT2D eigenvalue weighted by molar-refractivity contribution is 1.40. The van der Waals surface area contributed by atoms with E-state index in [1.54, 1.807) is 6.07 Å². The Kier molecular flexibility index (Phi) is 3.05. The molecule has 0 unspecified atom stereocenters. The zero-order valence-corrected chi connectivity index (χ0v) is 8.79. The summed E-state index contributed by atoms with van der Waals surface area (Å²) < 4.78 is 1.05. The molecule has 1 rings (SSSR count). The van der Waals surface area contributed by atoms with Crippen LogP contribution in [0.3, 0.4) is 0 Å². The molecule has 0 amide bonds. The minimum Gasteiger partial charge on any atom is -0.145 e. The molecular weight excluding hydrogens is 292 g/mol. The summed E-state index contributed by atoms with van der Waals surface area (Å²) in [6, 6.07) is 2.85. The largest absolute Gasteiger partial charge is 0.145 e. The Morgan fingerprint density at radius 1 is 0.917 bits per heavy atom. The molecule has 12 heavy (non-hydrogen) atoms. The van der Waals surface area contributed by atoms with Crippen molar-refractivity contribution in [3.63, 3.8) is 0 Å². The highest BCUT2D eigenvalue weighted by Gasteiger charge is 2.06. The fourth-order valence-electron chi connectivity index (χ4n) is 0.666. The number of nitroso groups, excluding NO2 is 2. The van der Waals surface area contributed by atoms with E-state index in [0.717, 1.165) is 0 Å². The minimum absolute atomic E-state index is 0.160. The van der Waals surface area contributed by atoms with Crippen LogP contribution in [0.5, 0.6) is 0 Å². The van der Waals surface area contributed by atoms with Crippen LogP contribution in [0.15, 0.2) is 31.4 Å². The third-order valence-corrected chi connectivity index (χ3v) is 2.48. The average molecular weight is 294 g/mol. The maximum absolute atomic E-state index is 10.2. The van der Waals surface area contributed by atoms with Gasteiger partial charge in [0.25, 0.3) is 0 Å². The zero-order valence-electron chi connectivity index (χ0n) is 5.62. The number of nitrogens with zero attached hydrogens (tertiary/aromatic N) is 2. The standard InChI is InChI=1S/C6H2Br2N2O2/c7-3-1-4(8)6(10-12)2-5(3)9-11/h1-2H. The quantitative estimate of drug-likeness (QED) is 0.774. The van der Waals surface area contributed by atoms with Crippen LogP contribution in [-0.2, 0) is 0 Å². The molecule has 0 saturated carbocycles. The summed E-state index contributed by atoms with van der Waals surface area (Å²) in [6.45, 7) is 0. The van der Waals surface area contributed by atoms with Crippen molar-refractivity contribution in [3.8, 4) is 0 Å². The van der Waals surface area contributed by atoms with Crippen LogP contribution < -0.4 is 0 Å². The van der Waals surface area contributed by atoms with E-state index in [2.05, 4.69) is 42.2 Å². The first-order valence-corrected chi connectivity index (χ1v) is 4.43. The molecule has 0 aliphatic rings. The molecule has 0 fully saturated rings. The topological polar surface area (TPSA) is 58.9 Å². The third kappa shape index (κ3) is 1.75. The molecule has 0 aromatic heterocycles. The predicted molar refractivity (Wildman–Crippen MR) is 52.8 cm³/mol. The molecule has 0 atom stereocenters. The normalized spacial score (nSPS) is 9.50. The number of benzene rings is 1. The molecular formula is C6H2Br2N2O2. The van der Waals surface area contributed by atoms with Crippen LogP contribution >= 0.6 is 31.9 Å². The molecule has 0 aliphatic carbocycles. The van der Waals surface area contributed by atoms with E-state index in [1.807, 2.05) is 0 Å². The van der Waals surface area contributed by atoms with Crippen molar-refractivity contribution < 1.29 is 0 Å². The van der Waals surface area contributed by atoms with Crippen molar-refractivity contribution in [1.29, 1.82) is 0 Å². The Morgan fingerprint density at radius 2 is 1.33 bits per heavy atom. The van der Waals surface area contributed by atoms with Crippen molar-refractivity contribution in [2.24, 2.45) is 10.4 Å². The molecule has 0 heterocycles. The summed E-state index contributed by atoms with van der Waals surface area (Å²) in [6.07, 6.45) is 0. The minimum atomic E-state index is 0.160. The van der Waals surface area contributed by atoms with E-state index in [-0.39, 0.29) is 11.4 Å². The molecule has 0 saturated heterocycles. The fraction of sp³-hybridized carbons (Fsp3) is 0. The van der Waals surface area contributed by atoms with E-state index in [4.69, 9.17) is 0 Å². The highest BCUT2D eigenvalue weighted by molar-refractivity contribution is 9.11. The van der Waals surface area contributed by atoms with Gasteiger partial charge in [0.2, 0.25) is 0 Å². The van der Waals surface area contributed by atoms with Gasteiger partial charge in [-0.3, -0.25) is 0 Å². The molecule has 6 heteroatoms. The van der Waals surface area contributed by atoms with Crippen molar-refractivity contribution in [3.05, 3.63) is 30.9 Å². The van der Waals surface area contributed by atoms with E-state index < -0.39 is 0 Å². The fourth-order valence-corrected chi connectivity index (χ4v) is 1.81. The van der Waals surface area contributed by atoms with Gasteiger partial charge in [0.05, 0.1) is 0 Å². The monoisotopic (exact) mass is 292 g/mol. The average Bonchev–Trinajstić information content (AvgIpc) is 2.05. The first-order chi connectivity index (χ1) is 5.69. The van der Waals surface area contributed by atoms with Gasteiger partial charge in [-0.1, -0.05) is 0 Å². The van der Waals surface area contributed by atoms with E-state index in [9.17, 15) is 9.81 Å². The highest BCUT2D eigenvalue weighted by atomic mass is 79.9. The summed E-state index contributed by atoms with van der Waals surface area (Å²) in [5, 5.41) is 5.41. The zero-order chi connectivity index (χ0) is 9.14. The molecule has 0 aliphatic heterocycles. The smallest absolute Gasteiger partial charge is 0.124 e. The van der Waals surface area contributed by atoms with Gasteiger partial charge in [-0.15, -0.1) is 9.81 Å². The lowest BCUT2D eigenvalue weighted by Crippen LogP contribution is -1.71. The van der Waals surface area contributed by atoms with Crippen molar-refractivity contribution >= 4 is 43.2 Å². The highest BCUT2D eigenvalue weighted by Crippen LogP contribution is 2.35. The van der Waals surface area contributed by atoms with Crippen molar-refractivity contribution in [2.45, 2.75) is 0 Å². The maximum Gasteiger partial charge on any atom is 0.124 e. The van der Waals surface area contributed by atoms with Crippen molar-refractivity contribution in [1.82, 2.24) is 0 Å².